The summed E-state index contributed by atoms with van der Waals surface area (Å²) in [5.74, 6) is -1.23. The summed E-state index contributed by atoms with van der Waals surface area (Å²) in [6.07, 6.45) is 0.730. The average molecular weight is 455 g/mol. The molecule has 2 amide bonds. The Hall–Kier alpha value is -4.19. The van der Waals surface area contributed by atoms with Gasteiger partial charge in [-0.3, -0.25) is 9.59 Å². The van der Waals surface area contributed by atoms with Crippen molar-refractivity contribution in [1.29, 1.82) is 0 Å². The van der Waals surface area contributed by atoms with Crippen LogP contribution in [0, 0.1) is 0 Å². The zero-order valence-electron chi connectivity index (χ0n) is 19.2. The summed E-state index contributed by atoms with van der Waals surface area (Å²) in [6, 6.07) is 25.3. The second-order valence-corrected chi connectivity index (χ2v) is 8.06. The molecule has 0 radical (unpaired) electrons. The van der Waals surface area contributed by atoms with Gasteiger partial charge in [-0.15, -0.1) is 0 Å². The smallest absolute Gasteiger partial charge is 0.338 e. The van der Waals surface area contributed by atoms with Crippen LogP contribution in [0.3, 0.4) is 0 Å². The minimum atomic E-state index is -0.432. The third-order valence-electron chi connectivity index (χ3n) is 5.56. The molecule has 1 aliphatic rings. The van der Waals surface area contributed by atoms with E-state index in [-0.39, 0.29) is 0 Å². The predicted molar refractivity (Wildman–Crippen MR) is 131 cm³/mol. The molecular weight excluding hydrogens is 428 g/mol. The van der Waals surface area contributed by atoms with Crippen LogP contribution in [0.2, 0.25) is 0 Å². The van der Waals surface area contributed by atoms with Crippen LogP contribution in [-0.4, -0.2) is 36.3 Å². The number of esters is 1. The van der Waals surface area contributed by atoms with Gasteiger partial charge in [-0.25, -0.2) is 9.69 Å². The van der Waals surface area contributed by atoms with Crippen molar-refractivity contribution in [3.63, 3.8) is 0 Å². The first kappa shape index (κ1) is 23.0. The molecule has 6 heteroatoms. The number of ether oxygens (including phenoxy) is 1. The minimum Gasteiger partial charge on any atom is -0.462 e. The first-order chi connectivity index (χ1) is 16.5. The second kappa shape index (κ2) is 10.2. The number of carbonyl (C=O) groups is 3. The molecule has 34 heavy (non-hydrogen) atoms. The maximum atomic E-state index is 13.6. The predicted octanol–water partition coefficient (Wildman–Crippen LogP) is 4.67. The summed E-state index contributed by atoms with van der Waals surface area (Å²) >= 11 is 0. The SMILES string of the molecule is CCCOC(=O)c1ccc(N2C(=O)C(c3ccccc3)=C(N(C)Cc3ccccc3)C2=O)cc1. The van der Waals surface area contributed by atoms with Crippen molar-refractivity contribution in [3.8, 4) is 0 Å². The molecule has 1 aliphatic heterocycles. The molecule has 0 saturated heterocycles. The van der Waals surface area contributed by atoms with Gasteiger partial charge < -0.3 is 9.64 Å². The molecule has 3 aromatic rings. The van der Waals surface area contributed by atoms with Gasteiger partial charge in [-0.1, -0.05) is 67.6 Å². The van der Waals surface area contributed by atoms with E-state index >= 15 is 0 Å². The fraction of sp³-hybridized carbons (Fsp3) is 0.179. The molecule has 0 atom stereocenters. The van der Waals surface area contributed by atoms with Gasteiger partial charge >= 0.3 is 5.97 Å². The third-order valence-corrected chi connectivity index (χ3v) is 5.56. The molecule has 172 valence electrons. The fourth-order valence-electron chi connectivity index (χ4n) is 3.93. The maximum absolute atomic E-state index is 13.6. The number of rotatable bonds is 8. The number of anilines is 1. The lowest BCUT2D eigenvalue weighted by molar-refractivity contribution is -0.120. The highest BCUT2D eigenvalue weighted by Crippen LogP contribution is 2.35. The lowest BCUT2D eigenvalue weighted by Gasteiger charge is -2.21. The van der Waals surface area contributed by atoms with Crippen LogP contribution in [-0.2, 0) is 20.9 Å². The number of amides is 2. The van der Waals surface area contributed by atoms with Gasteiger partial charge in [0.2, 0.25) is 0 Å². The largest absolute Gasteiger partial charge is 0.462 e. The first-order valence-electron chi connectivity index (χ1n) is 11.2. The van der Waals surface area contributed by atoms with Crippen LogP contribution < -0.4 is 4.90 Å². The van der Waals surface area contributed by atoms with E-state index < -0.39 is 17.8 Å². The number of hydrogen-bond acceptors (Lipinski definition) is 5. The summed E-state index contributed by atoms with van der Waals surface area (Å²) in [6.45, 7) is 2.73. The molecule has 0 aliphatic carbocycles. The van der Waals surface area contributed by atoms with Crippen molar-refractivity contribution < 1.29 is 19.1 Å². The molecular formula is C28H26N2O4. The summed E-state index contributed by atoms with van der Waals surface area (Å²) in [5.41, 5.74) is 3.17. The van der Waals surface area contributed by atoms with E-state index in [2.05, 4.69) is 0 Å². The monoisotopic (exact) mass is 454 g/mol. The van der Waals surface area contributed by atoms with Crippen LogP contribution in [0.1, 0.15) is 34.8 Å². The Labute approximate surface area is 199 Å². The summed E-state index contributed by atoms with van der Waals surface area (Å²) in [4.78, 5) is 42.3. The zero-order valence-corrected chi connectivity index (χ0v) is 19.2. The topological polar surface area (TPSA) is 66.9 Å². The van der Waals surface area contributed by atoms with Gasteiger partial charge in [0.15, 0.2) is 0 Å². The summed E-state index contributed by atoms with van der Waals surface area (Å²) in [5, 5.41) is 0. The summed E-state index contributed by atoms with van der Waals surface area (Å²) < 4.78 is 5.16. The zero-order chi connectivity index (χ0) is 24.1. The van der Waals surface area contributed by atoms with Crippen LogP contribution in [0.5, 0.6) is 0 Å². The highest BCUT2D eigenvalue weighted by molar-refractivity contribution is 6.45. The van der Waals surface area contributed by atoms with E-state index in [0.717, 1.165) is 12.0 Å². The normalized spacial score (nSPS) is 13.4. The van der Waals surface area contributed by atoms with Crippen LogP contribution in [0.15, 0.2) is 90.6 Å². The molecule has 0 aromatic heterocycles. The molecule has 6 nitrogen and oxygen atoms in total. The lowest BCUT2D eigenvalue weighted by Crippen LogP contribution is -2.34. The Morgan fingerprint density at radius 1 is 0.853 bits per heavy atom. The molecule has 0 bridgehead atoms. The van der Waals surface area contributed by atoms with E-state index in [4.69, 9.17) is 4.74 Å². The van der Waals surface area contributed by atoms with E-state index in [1.54, 1.807) is 24.3 Å². The van der Waals surface area contributed by atoms with Crippen molar-refractivity contribution in [2.45, 2.75) is 19.9 Å². The van der Waals surface area contributed by atoms with Crippen molar-refractivity contribution in [2.24, 2.45) is 0 Å². The fourth-order valence-corrected chi connectivity index (χ4v) is 3.93. The molecule has 0 fully saturated rings. The highest BCUT2D eigenvalue weighted by Gasteiger charge is 2.41. The Kier molecular flexibility index (Phi) is 6.87. The average Bonchev–Trinajstić information content (AvgIpc) is 3.13. The van der Waals surface area contributed by atoms with E-state index in [0.29, 0.717) is 41.2 Å². The molecule has 3 aromatic carbocycles. The van der Waals surface area contributed by atoms with Crippen molar-refractivity contribution in [1.82, 2.24) is 4.90 Å². The Balaban J connectivity index is 1.68. The molecule has 0 unspecified atom stereocenters. The molecule has 1 heterocycles. The third kappa shape index (κ3) is 4.62. The molecule has 0 spiro atoms. The number of nitrogens with zero attached hydrogens (tertiary/aromatic N) is 2. The van der Waals surface area contributed by atoms with E-state index in [1.807, 2.05) is 79.5 Å². The molecule has 0 N–H and O–H groups in total. The van der Waals surface area contributed by atoms with Crippen molar-refractivity contribution in [3.05, 3.63) is 107 Å². The van der Waals surface area contributed by atoms with Crippen LogP contribution >= 0.6 is 0 Å². The van der Waals surface area contributed by atoms with Crippen LogP contribution in [0.4, 0.5) is 5.69 Å². The number of benzene rings is 3. The van der Waals surface area contributed by atoms with Gasteiger partial charge in [0.05, 0.1) is 23.4 Å². The van der Waals surface area contributed by atoms with E-state index in [1.165, 1.54) is 4.90 Å². The Morgan fingerprint density at radius 2 is 1.47 bits per heavy atom. The van der Waals surface area contributed by atoms with Gasteiger partial charge in [-0.2, -0.15) is 0 Å². The quantitative estimate of drug-likeness (QED) is 0.366. The Morgan fingerprint density at radius 3 is 2.09 bits per heavy atom. The first-order valence-corrected chi connectivity index (χ1v) is 11.2. The van der Waals surface area contributed by atoms with Gasteiger partial charge in [0, 0.05) is 13.6 Å². The lowest BCUT2D eigenvalue weighted by atomic mass is 10.0. The van der Waals surface area contributed by atoms with E-state index in [9.17, 15) is 14.4 Å². The maximum Gasteiger partial charge on any atom is 0.338 e. The minimum absolute atomic E-state index is 0.338. The Bertz CT molecular complexity index is 1220. The second-order valence-electron chi connectivity index (χ2n) is 8.06. The number of hydrogen-bond donors (Lipinski definition) is 0. The number of imide groups is 1. The van der Waals surface area contributed by atoms with Crippen LogP contribution in [0.25, 0.3) is 5.57 Å². The van der Waals surface area contributed by atoms with Crippen molar-refractivity contribution >= 4 is 29.0 Å². The van der Waals surface area contributed by atoms with Gasteiger partial charge in [-0.05, 0) is 41.8 Å². The van der Waals surface area contributed by atoms with Crippen molar-refractivity contribution in [2.75, 3.05) is 18.6 Å². The standard InChI is InChI=1S/C28H26N2O4/c1-3-18-34-28(33)22-14-16-23(17-15-22)30-26(31)24(21-12-8-5-9-13-21)25(27(30)32)29(2)19-20-10-6-4-7-11-20/h4-17H,3,18-19H2,1-2H3. The molecule has 0 saturated carbocycles. The number of likely N-dealkylation sites (N-methyl/N-ethyl adjacent to an activating group) is 1. The van der Waals surface area contributed by atoms with Gasteiger partial charge in [0.1, 0.15) is 5.70 Å². The summed E-state index contributed by atoms with van der Waals surface area (Å²) in [7, 11) is 1.81. The number of carbonyl (C=O) groups excluding carboxylic acids is 3. The molecule has 4 rings (SSSR count). The highest BCUT2D eigenvalue weighted by atomic mass is 16.5. The van der Waals surface area contributed by atoms with Gasteiger partial charge in [0.25, 0.3) is 11.8 Å².